The molecule has 0 saturated carbocycles. The van der Waals surface area contributed by atoms with Crippen molar-refractivity contribution in [3.05, 3.63) is 65.2 Å². The Morgan fingerprint density at radius 3 is 2.53 bits per heavy atom. The maximum atomic E-state index is 10.9. The van der Waals surface area contributed by atoms with Crippen LogP contribution in [-0.4, -0.2) is 11.1 Å². The summed E-state index contributed by atoms with van der Waals surface area (Å²) in [5, 5.41) is 12.3. The highest BCUT2D eigenvalue weighted by atomic mass is 16.4. The van der Waals surface area contributed by atoms with E-state index in [-0.39, 0.29) is 0 Å². The van der Waals surface area contributed by atoms with E-state index in [1.807, 2.05) is 31.2 Å². The van der Waals surface area contributed by atoms with Crippen LogP contribution in [0.3, 0.4) is 0 Å². The van der Waals surface area contributed by atoms with E-state index in [9.17, 15) is 4.79 Å². The third-order valence-corrected chi connectivity index (χ3v) is 3.06. The third-order valence-electron chi connectivity index (χ3n) is 3.06. The van der Waals surface area contributed by atoms with Crippen molar-refractivity contribution in [3.63, 3.8) is 0 Å². The molecule has 0 aromatic heterocycles. The van der Waals surface area contributed by atoms with Gasteiger partial charge in [0.15, 0.2) is 0 Å². The zero-order valence-corrected chi connectivity index (χ0v) is 10.9. The lowest BCUT2D eigenvalue weighted by Gasteiger charge is -2.12. The fraction of sp³-hybridized carbons (Fsp3) is 0.188. The summed E-state index contributed by atoms with van der Waals surface area (Å²) in [5.74, 6) is -0.885. The van der Waals surface area contributed by atoms with Crippen molar-refractivity contribution in [2.75, 3.05) is 5.32 Å². The van der Waals surface area contributed by atoms with E-state index >= 15 is 0 Å². The number of hydrogen-bond donors (Lipinski definition) is 2. The second kappa shape index (κ2) is 6.05. The van der Waals surface area contributed by atoms with Crippen molar-refractivity contribution in [1.29, 1.82) is 0 Å². The number of rotatable bonds is 5. The molecule has 2 aromatic carbocycles. The normalized spacial score (nSPS) is 10.2. The number of carboxylic acids is 1. The molecule has 19 heavy (non-hydrogen) atoms. The molecule has 0 aliphatic rings. The van der Waals surface area contributed by atoms with Crippen molar-refractivity contribution >= 4 is 11.7 Å². The zero-order chi connectivity index (χ0) is 13.7. The van der Waals surface area contributed by atoms with Crippen molar-refractivity contribution in [3.8, 4) is 0 Å². The highest BCUT2D eigenvalue weighted by molar-refractivity contribution is 5.88. The fourth-order valence-corrected chi connectivity index (χ4v) is 1.98. The van der Waals surface area contributed by atoms with Crippen LogP contribution in [0.25, 0.3) is 0 Å². The number of aryl methyl sites for hydroxylation is 1. The van der Waals surface area contributed by atoms with Crippen LogP contribution in [0.15, 0.2) is 48.5 Å². The summed E-state index contributed by atoms with van der Waals surface area (Å²) in [6, 6.07) is 15.3. The van der Waals surface area contributed by atoms with Gasteiger partial charge < -0.3 is 10.4 Å². The molecule has 0 bridgehead atoms. The third kappa shape index (κ3) is 3.35. The standard InChI is InChI=1S/C16H17NO2/c1-2-13-10-14(16(18)19)8-9-15(13)17-11-12-6-4-3-5-7-12/h3-10,17H,2,11H2,1H3,(H,18,19). The average molecular weight is 255 g/mol. The largest absolute Gasteiger partial charge is 0.478 e. The van der Waals surface area contributed by atoms with Crippen LogP contribution in [0.1, 0.15) is 28.4 Å². The van der Waals surface area contributed by atoms with Crippen LogP contribution in [-0.2, 0) is 13.0 Å². The van der Waals surface area contributed by atoms with E-state index in [4.69, 9.17) is 5.11 Å². The van der Waals surface area contributed by atoms with Gasteiger partial charge in [0, 0.05) is 12.2 Å². The van der Waals surface area contributed by atoms with Gasteiger partial charge in [0.1, 0.15) is 0 Å². The number of aromatic carboxylic acids is 1. The zero-order valence-electron chi connectivity index (χ0n) is 10.9. The predicted octanol–water partition coefficient (Wildman–Crippen LogP) is 3.56. The van der Waals surface area contributed by atoms with Gasteiger partial charge in [-0.25, -0.2) is 4.79 Å². The van der Waals surface area contributed by atoms with Crippen LogP contribution in [0.4, 0.5) is 5.69 Å². The van der Waals surface area contributed by atoms with Crippen molar-refractivity contribution in [2.45, 2.75) is 19.9 Å². The number of nitrogens with one attached hydrogen (secondary N) is 1. The molecule has 98 valence electrons. The quantitative estimate of drug-likeness (QED) is 0.858. The molecular formula is C16H17NO2. The molecule has 0 radical (unpaired) electrons. The molecular weight excluding hydrogens is 238 g/mol. The lowest BCUT2D eigenvalue weighted by atomic mass is 10.1. The van der Waals surface area contributed by atoms with E-state index < -0.39 is 5.97 Å². The molecule has 0 fully saturated rings. The summed E-state index contributed by atoms with van der Waals surface area (Å²) in [5.41, 5.74) is 3.56. The number of benzene rings is 2. The van der Waals surface area contributed by atoms with Gasteiger partial charge in [0.05, 0.1) is 5.56 Å². The highest BCUT2D eigenvalue weighted by Gasteiger charge is 2.07. The van der Waals surface area contributed by atoms with Crippen molar-refractivity contribution < 1.29 is 9.90 Å². The van der Waals surface area contributed by atoms with Gasteiger partial charge >= 0.3 is 5.97 Å². The molecule has 0 aliphatic carbocycles. The summed E-state index contributed by atoms with van der Waals surface area (Å²) in [7, 11) is 0. The minimum Gasteiger partial charge on any atom is -0.478 e. The molecule has 0 unspecified atom stereocenters. The first-order valence-corrected chi connectivity index (χ1v) is 6.34. The van der Waals surface area contributed by atoms with Gasteiger partial charge in [-0.15, -0.1) is 0 Å². The van der Waals surface area contributed by atoms with Crippen LogP contribution in [0.2, 0.25) is 0 Å². The number of hydrogen-bond acceptors (Lipinski definition) is 2. The van der Waals surface area contributed by atoms with Crippen LogP contribution < -0.4 is 5.32 Å². The van der Waals surface area contributed by atoms with Gasteiger partial charge in [-0.2, -0.15) is 0 Å². The molecule has 2 rings (SSSR count). The molecule has 3 nitrogen and oxygen atoms in total. The molecule has 0 saturated heterocycles. The van der Waals surface area contributed by atoms with Gasteiger partial charge in [-0.3, -0.25) is 0 Å². The van der Waals surface area contributed by atoms with Crippen LogP contribution >= 0.6 is 0 Å². The Morgan fingerprint density at radius 1 is 1.16 bits per heavy atom. The molecule has 0 atom stereocenters. The maximum Gasteiger partial charge on any atom is 0.335 e. The van der Waals surface area contributed by atoms with Gasteiger partial charge in [-0.05, 0) is 35.7 Å². The first kappa shape index (κ1) is 13.1. The molecule has 2 aromatic rings. The van der Waals surface area contributed by atoms with E-state index in [1.165, 1.54) is 5.56 Å². The lowest BCUT2D eigenvalue weighted by molar-refractivity contribution is 0.0697. The number of carboxylic acid groups (broad SMARTS) is 1. The smallest absolute Gasteiger partial charge is 0.335 e. The maximum absolute atomic E-state index is 10.9. The fourth-order valence-electron chi connectivity index (χ4n) is 1.98. The van der Waals surface area contributed by atoms with E-state index in [1.54, 1.807) is 12.1 Å². The Kier molecular flexibility index (Phi) is 4.18. The van der Waals surface area contributed by atoms with Gasteiger partial charge in [-0.1, -0.05) is 37.3 Å². The first-order chi connectivity index (χ1) is 9.20. The minimum atomic E-state index is -0.885. The number of carbonyl (C=O) groups is 1. The van der Waals surface area contributed by atoms with E-state index in [0.29, 0.717) is 5.56 Å². The predicted molar refractivity (Wildman–Crippen MR) is 76.5 cm³/mol. The molecule has 0 spiro atoms. The average Bonchev–Trinajstić information content (AvgIpc) is 2.45. The summed E-state index contributed by atoms with van der Waals surface area (Å²) in [6.07, 6.45) is 0.804. The Hall–Kier alpha value is -2.29. The van der Waals surface area contributed by atoms with Crippen LogP contribution in [0, 0.1) is 0 Å². The first-order valence-electron chi connectivity index (χ1n) is 6.34. The Labute approximate surface area is 112 Å². The Balaban J connectivity index is 2.14. The Morgan fingerprint density at radius 2 is 1.89 bits per heavy atom. The summed E-state index contributed by atoms with van der Waals surface area (Å²) in [4.78, 5) is 10.9. The van der Waals surface area contributed by atoms with Gasteiger partial charge in [0.2, 0.25) is 0 Å². The SMILES string of the molecule is CCc1cc(C(=O)O)ccc1NCc1ccccc1. The molecule has 0 heterocycles. The topological polar surface area (TPSA) is 49.3 Å². The van der Waals surface area contributed by atoms with Crippen LogP contribution in [0.5, 0.6) is 0 Å². The van der Waals surface area contributed by atoms with E-state index in [0.717, 1.165) is 24.2 Å². The molecule has 2 N–H and O–H groups in total. The number of anilines is 1. The van der Waals surface area contributed by atoms with Crippen molar-refractivity contribution in [1.82, 2.24) is 0 Å². The van der Waals surface area contributed by atoms with Crippen molar-refractivity contribution in [2.24, 2.45) is 0 Å². The minimum absolute atomic E-state index is 0.335. The monoisotopic (exact) mass is 255 g/mol. The Bertz CT molecular complexity index is 564. The summed E-state index contributed by atoms with van der Waals surface area (Å²) < 4.78 is 0. The second-order valence-electron chi connectivity index (χ2n) is 4.37. The summed E-state index contributed by atoms with van der Waals surface area (Å²) in [6.45, 7) is 2.76. The van der Waals surface area contributed by atoms with E-state index in [2.05, 4.69) is 17.4 Å². The molecule has 0 amide bonds. The highest BCUT2D eigenvalue weighted by Crippen LogP contribution is 2.19. The summed E-state index contributed by atoms with van der Waals surface area (Å²) >= 11 is 0. The van der Waals surface area contributed by atoms with Gasteiger partial charge in [0.25, 0.3) is 0 Å². The molecule has 0 aliphatic heterocycles. The lowest BCUT2D eigenvalue weighted by Crippen LogP contribution is -2.04. The molecule has 3 heteroatoms. The second-order valence-corrected chi connectivity index (χ2v) is 4.37.